The first kappa shape index (κ1) is 15.0. The quantitative estimate of drug-likeness (QED) is 0.865. The van der Waals surface area contributed by atoms with Gasteiger partial charge in [0.2, 0.25) is 5.91 Å². The van der Waals surface area contributed by atoms with Gasteiger partial charge in [-0.3, -0.25) is 10.1 Å². The van der Waals surface area contributed by atoms with Crippen molar-refractivity contribution in [3.05, 3.63) is 35.4 Å². The first-order chi connectivity index (χ1) is 9.58. The van der Waals surface area contributed by atoms with Gasteiger partial charge in [0.1, 0.15) is 0 Å². The fourth-order valence-corrected chi connectivity index (χ4v) is 2.36. The van der Waals surface area contributed by atoms with Crippen LogP contribution in [0.4, 0.5) is 0 Å². The molecule has 1 aromatic rings. The Balaban J connectivity index is 1.95. The minimum atomic E-state index is -0.228. The molecule has 2 rings (SSSR count). The highest BCUT2D eigenvalue weighted by atomic mass is 16.5. The number of rotatable bonds is 5. The average molecular weight is 276 g/mol. The van der Waals surface area contributed by atoms with E-state index in [0.29, 0.717) is 25.7 Å². The Hall–Kier alpha value is -1.39. The van der Waals surface area contributed by atoms with Gasteiger partial charge < -0.3 is 10.1 Å². The van der Waals surface area contributed by atoms with Crippen molar-refractivity contribution in [2.45, 2.75) is 39.5 Å². The minimum Gasteiger partial charge on any atom is -0.375 e. The molecule has 0 fully saturated rings. The number of amides is 1. The van der Waals surface area contributed by atoms with E-state index < -0.39 is 0 Å². The summed E-state index contributed by atoms with van der Waals surface area (Å²) in [6, 6.07) is 8.08. The first-order valence-corrected chi connectivity index (χ1v) is 7.27. The summed E-state index contributed by atoms with van der Waals surface area (Å²) >= 11 is 0. The van der Waals surface area contributed by atoms with Gasteiger partial charge in [-0.1, -0.05) is 38.1 Å². The maximum Gasteiger partial charge on any atom is 0.236 e. The van der Waals surface area contributed by atoms with Crippen molar-refractivity contribution in [2.75, 3.05) is 13.2 Å². The van der Waals surface area contributed by atoms with Gasteiger partial charge >= 0.3 is 0 Å². The lowest BCUT2D eigenvalue weighted by Gasteiger charge is -2.29. The zero-order valence-electron chi connectivity index (χ0n) is 12.5. The zero-order chi connectivity index (χ0) is 14.5. The number of benzene rings is 1. The van der Waals surface area contributed by atoms with Crippen LogP contribution in [0.25, 0.3) is 0 Å². The Morgan fingerprint density at radius 3 is 2.85 bits per heavy atom. The molecule has 2 N–H and O–H groups in total. The van der Waals surface area contributed by atoms with Gasteiger partial charge in [-0.2, -0.15) is 0 Å². The lowest BCUT2D eigenvalue weighted by Crippen LogP contribution is -2.46. The molecule has 1 heterocycles. The van der Waals surface area contributed by atoms with E-state index in [0.717, 1.165) is 0 Å². The highest BCUT2D eigenvalue weighted by Gasteiger charge is 2.24. The predicted molar refractivity (Wildman–Crippen MR) is 79.3 cm³/mol. The lowest BCUT2D eigenvalue weighted by atomic mass is 9.98. The number of ether oxygens (including phenoxy) is 1. The first-order valence-electron chi connectivity index (χ1n) is 7.27. The molecule has 0 bridgehead atoms. The predicted octanol–water partition coefficient (Wildman–Crippen LogP) is 2.01. The summed E-state index contributed by atoms with van der Waals surface area (Å²) in [5.74, 6) is 0.506. The molecule has 0 saturated heterocycles. The summed E-state index contributed by atoms with van der Waals surface area (Å²) in [5.41, 5.74) is 2.44. The summed E-state index contributed by atoms with van der Waals surface area (Å²) in [7, 11) is 0. The van der Waals surface area contributed by atoms with Crippen molar-refractivity contribution in [3.63, 3.8) is 0 Å². The molecular weight excluding hydrogens is 252 g/mol. The molecule has 1 aromatic carbocycles. The van der Waals surface area contributed by atoms with Gasteiger partial charge in [-0.25, -0.2) is 0 Å². The number of fused-ring (bicyclic) bond motifs is 1. The van der Waals surface area contributed by atoms with Crippen LogP contribution in [0.5, 0.6) is 0 Å². The largest absolute Gasteiger partial charge is 0.375 e. The van der Waals surface area contributed by atoms with Crippen molar-refractivity contribution < 1.29 is 9.53 Å². The van der Waals surface area contributed by atoms with Crippen LogP contribution < -0.4 is 10.6 Å². The van der Waals surface area contributed by atoms with E-state index in [1.54, 1.807) is 0 Å². The Labute approximate surface area is 120 Å². The Kier molecular flexibility index (Phi) is 5.15. The minimum absolute atomic E-state index is 0.0433. The molecule has 1 aliphatic rings. The maximum atomic E-state index is 12.0. The number of nitrogens with one attached hydrogen (secondary N) is 2. The highest BCUT2D eigenvalue weighted by Crippen LogP contribution is 2.24. The highest BCUT2D eigenvalue weighted by molar-refractivity contribution is 5.81. The zero-order valence-corrected chi connectivity index (χ0v) is 12.5. The molecule has 110 valence electrons. The second-order valence-electron chi connectivity index (χ2n) is 5.79. The van der Waals surface area contributed by atoms with Gasteiger partial charge in [0.05, 0.1) is 25.3 Å². The summed E-state index contributed by atoms with van der Waals surface area (Å²) in [4.78, 5) is 12.0. The number of carbonyl (C=O) groups is 1. The van der Waals surface area contributed by atoms with Crippen LogP contribution in [-0.2, 0) is 16.1 Å². The van der Waals surface area contributed by atoms with Crippen molar-refractivity contribution in [1.82, 2.24) is 10.6 Å². The molecule has 20 heavy (non-hydrogen) atoms. The molecule has 2 unspecified atom stereocenters. The third kappa shape index (κ3) is 3.81. The second kappa shape index (κ2) is 6.86. The molecular formula is C16H24N2O2. The molecule has 4 heteroatoms. The molecule has 0 aromatic heterocycles. The fraction of sp³-hybridized carbons (Fsp3) is 0.562. The van der Waals surface area contributed by atoms with Crippen LogP contribution in [0.2, 0.25) is 0 Å². The molecule has 1 amide bonds. The number of hydrogen-bond acceptors (Lipinski definition) is 3. The van der Waals surface area contributed by atoms with Crippen LogP contribution in [-0.4, -0.2) is 25.1 Å². The number of carbonyl (C=O) groups excluding carboxylic acids is 1. The Bertz CT molecular complexity index is 460. The van der Waals surface area contributed by atoms with Crippen molar-refractivity contribution in [3.8, 4) is 0 Å². The third-order valence-corrected chi connectivity index (χ3v) is 3.50. The molecule has 0 spiro atoms. The van der Waals surface area contributed by atoms with Crippen LogP contribution >= 0.6 is 0 Å². The average Bonchev–Trinajstić information content (AvgIpc) is 2.45. The topological polar surface area (TPSA) is 50.4 Å². The van der Waals surface area contributed by atoms with Gasteiger partial charge in [-0.15, -0.1) is 0 Å². The maximum absolute atomic E-state index is 12.0. The van der Waals surface area contributed by atoms with Crippen LogP contribution in [0.15, 0.2) is 24.3 Å². The van der Waals surface area contributed by atoms with Gasteiger partial charge in [0.25, 0.3) is 0 Å². The van der Waals surface area contributed by atoms with Crippen LogP contribution in [0.1, 0.15) is 37.9 Å². The van der Waals surface area contributed by atoms with Gasteiger partial charge in [-0.05, 0) is 24.0 Å². The lowest BCUT2D eigenvalue weighted by molar-refractivity contribution is -0.123. The SMILES string of the molecule is CC(C)CNC(=O)C(C)NC1COCc2ccccc21. The molecule has 0 radical (unpaired) electrons. The summed E-state index contributed by atoms with van der Waals surface area (Å²) in [6.45, 7) is 8.05. The Morgan fingerprint density at radius 2 is 2.10 bits per heavy atom. The molecule has 1 aliphatic heterocycles. The van der Waals surface area contributed by atoms with E-state index in [1.165, 1.54) is 11.1 Å². The van der Waals surface area contributed by atoms with E-state index in [9.17, 15) is 4.79 Å². The van der Waals surface area contributed by atoms with Crippen molar-refractivity contribution in [2.24, 2.45) is 5.92 Å². The second-order valence-corrected chi connectivity index (χ2v) is 5.79. The summed E-state index contributed by atoms with van der Waals surface area (Å²) < 4.78 is 5.59. The standard InChI is InChI=1S/C16H24N2O2/c1-11(2)8-17-16(19)12(3)18-15-10-20-9-13-6-4-5-7-14(13)15/h4-7,11-12,15,18H,8-10H2,1-3H3,(H,17,19). The Morgan fingerprint density at radius 1 is 1.35 bits per heavy atom. The van der Waals surface area contributed by atoms with E-state index in [2.05, 4.69) is 36.6 Å². The molecule has 2 atom stereocenters. The fourth-order valence-electron chi connectivity index (χ4n) is 2.36. The summed E-state index contributed by atoms with van der Waals surface area (Å²) in [6.07, 6.45) is 0. The third-order valence-electron chi connectivity index (χ3n) is 3.50. The normalized spacial score (nSPS) is 19.5. The smallest absolute Gasteiger partial charge is 0.236 e. The van der Waals surface area contributed by atoms with E-state index in [1.807, 2.05) is 19.1 Å². The van der Waals surface area contributed by atoms with E-state index >= 15 is 0 Å². The summed E-state index contributed by atoms with van der Waals surface area (Å²) in [5, 5.41) is 6.31. The van der Waals surface area contributed by atoms with Crippen LogP contribution in [0.3, 0.4) is 0 Å². The molecule has 0 aliphatic carbocycles. The van der Waals surface area contributed by atoms with Crippen LogP contribution in [0, 0.1) is 5.92 Å². The van der Waals surface area contributed by atoms with Crippen molar-refractivity contribution >= 4 is 5.91 Å². The van der Waals surface area contributed by atoms with E-state index in [-0.39, 0.29) is 18.0 Å². The molecule has 0 saturated carbocycles. The van der Waals surface area contributed by atoms with E-state index in [4.69, 9.17) is 4.74 Å². The van der Waals surface area contributed by atoms with Gasteiger partial charge in [0, 0.05) is 6.54 Å². The van der Waals surface area contributed by atoms with Gasteiger partial charge in [0.15, 0.2) is 0 Å². The molecule has 4 nitrogen and oxygen atoms in total. The monoisotopic (exact) mass is 276 g/mol. The van der Waals surface area contributed by atoms with Crippen molar-refractivity contribution in [1.29, 1.82) is 0 Å². The number of hydrogen-bond donors (Lipinski definition) is 2.